The van der Waals surface area contributed by atoms with E-state index in [2.05, 4.69) is 25.3 Å². The lowest BCUT2D eigenvalue weighted by Gasteiger charge is -2.35. The van der Waals surface area contributed by atoms with Crippen molar-refractivity contribution in [3.05, 3.63) is 42.1 Å². The number of alkyl halides is 3. The highest BCUT2D eigenvalue weighted by Crippen LogP contribution is 2.33. The molecule has 0 radical (unpaired) electrons. The molecule has 2 aromatic rings. The SMILES string of the molecule is COCC(NC(=O)N1CC(=O)Nc2cc(N3CCC3)cnc21)c1ccc(OC(F)(F)F)cc1. The fourth-order valence-corrected chi connectivity index (χ4v) is 3.59. The van der Waals surface area contributed by atoms with E-state index in [-0.39, 0.29) is 24.8 Å². The van der Waals surface area contributed by atoms with Crippen LogP contribution in [0, 0.1) is 0 Å². The molecular formula is C21H22F3N5O4. The predicted octanol–water partition coefficient (Wildman–Crippen LogP) is 3.05. The zero-order chi connectivity index (χ0) is 23.6. The van der Waals surface area contributed by atoms with Crippen molar-refractivity contribution < 1.29 is 32.2 Å². The molecule has 0 bridgehead atoms. The highest BCUT2D eigenvalue weighted by Gasteiger charge is 2.32. The smallest absolute Gasteiger partial charge is 0.406 e. The van der Waals surface area contributed by atoms with Gasteiger partial charge in [0.1, 0.15) is 12.3 Å². The molecule has 4 rings (SSSR count). The van der Waals surface area contributed by atoms with Crippen molar-refractivity contribution in [1.29, 1.82) is 0 Å². The van der Waals surface area contributed by atoms with Crippen LogP contribution in [0.25, 0.3) is 0 Å². The molecule has 2 N–H and O–H groups in total. The lowest BCUT2D eigenvalue weighted by atomic mass is 10.1. The summed E-state index contributed by atoms with van der Waals surface area (Å²) < 4.78 is 46.2. The molecule has 0 aliphatic carbocycles. The fourth-order valence-electron chi connectivity index (χ4n) is 3.59. The van der Waals surface area contributed by atoms with Gasteiger partial charge in [-0.1, -0.05) is 12.1 Å². The molecule has 33 heavy (non-hydrogen) atoms. The van der Waals surface area contributed by atoms with Crippen LogP contribution >= 0.6 is 0 Å². The van der Waals surface area contributed by atoms with Crippen molar-refractivity contribution in [1.82, 2.24) is 10.3 Å². The van der Waals surface area contributed by atoms with Crippen molar-refractivity contribution in [3.8, 4) is 5.75 Å². The molecule has 0 saturated carbocycles. The molecule has 0 spiro atoms. The van der Waals surface area contributed by atoms with Crippen LogP contribution in [0.2, 0.25) is 0 Å². The van der Waals surface area contributed by atoms with E-state index < -0.39 is 18.4 Å². The molecule has 1 saturated heterocycles. The molecular weight excluding hydrogens is 443 g/mol. The first-order valence-electron chi connectivity index (χ1n) is 10.2. The first-order chi connectivity index (χ1) is 15.7. The van der Waals surface area contributed by atoms with E-state index in [9.17, 15) is 22.8 Å². The number of urea groups is 1. The number of pyridine rings is 1. The van der Waals surface area contributed by atoms with Crippen LogP contribution in [0.1, 0.15) is 18.0 Å². The Kier molecular flexibility index (Phi) is 6.27. The predicted molar refractivity (Wildman–Crippen MR) is 113 cm³/mol. The summed E-state index contributed by atoms with van der Waals surface area (Å²) in [4.78, 5) is 33.0. The summed E-state index contributed by atoms with van der Waals surface area (Å²) in [5.74, 6) is -0.434. The van der Waals surface area contributed by atoms with Gasteiger partial charge in [0, 0.05) is 20.2 Å². The van der Waals surface area contributed by atoms with Gasteiger partial charge in [-0.05, 0) is 30.2 Å². The number of rotatable bonds is 6. The maximum atomic E-state index is 13.1. The molecule has 1 fully saturated rings. The van der Waals surface area contributed by atoms with Crippen molar-refractivity contribution in [2.45, 2.75) is 18.8 Å². The third kappa shape index (κ3) is 5.28. The van der Waals surface area contributed by atoms with Crippen molar-refractivity contribution in [2.75, 3.05) is 48.5 Å². The van der Waals surface area contributed by atoms with Gasteiger partial charge in [-0.2, -0.15) is 0 Å². The number of halogens is 3. The Morgan fingerprint density at radius 1 is 1.27 bits per heavy atom. The molecule has 3 heterocycles. The van der Waals surface area contributed by atoms with Gasteiger partial charge in [0.25, 0.3) is 0 Å². The first-order valence-corrected chi connectivity index (χ1v) is 10.2. The quantitative estimate of drug-likeness (QED) is 0.681. The third-order valence-electron chi connectivity index (χ3n) is 5.30. The molecule has 2 aliphatic heterocycles. The van der Waals surface area contributed by atoms with E-state index in [1.54, 1.807) is 12.3 Å². The minimum Gasteiger partial charge on any atom is -0.406 e. The Balaban J connectivity index is 1.51. The number of benzene rings is 1. The van der Waals surface area contributed by atoms with E-state index in [0.717, 1.165) is 37.3 Å². The maximum Gasteiger partial charge on any atom is 0.573 e. The third-order valence-corrected chi connectivity index (χ3v) is 5.30. The molecule has 1 aromatic heterocycles. The molecule has 1 unspecified atom stereocenters. The second kappa shape index (κ2) is 9.14. The van der Waals surface area contributed by atoms with Gasteiger partial charge in [-0.3, -0.25) is 9.69 Å². The number of fused-ring (bicyclic) bond motifs is 1. The highest BCUT2D eigenvalue weighted by molar-refractivity contribution is 6.08. The van der Waals surface area contributed by atoms with Gasteiger partial charge in [-0.25, -0.2) is 9.78 Å². The summed E-state index contributed by atoms with van der Waals surface area (Å²) in [5.41, 5.74) is 1.80. The molecule has 3 amide bonds. The van der Waals surface area contributed by atoms with Gasteiger partial charge in [0.2, 0.25) is 5.91 Å². The van der Waals surface area contributed by atoms with Gasteiger partial charge in [0.05, 0.1) is 30.2 Å². The minimum atomic E-state index is -4.80. The van der Waals surface area contributed by atoms with E-state index in [1.165, 1.54) is 24.1 Å². The van der Waals surface area contributed by atoms with Gasteiger partial charge in [-0.15, -0.1) is 13.2 Å². The molecule has 9 nitrogen and oxygen atoms in total. The van der Waals surface area contributed by atoms with Crippen LogP contribution in [0.4, 0.5) is 35.2 Å². The Bertz CT molecular complexity index is 1030. The van der Waals surface area contributed by atoms with E-state index in [4.69, 9.17) is 4.74 Å². The fraction of sp³-hybridized carbons (Fsp3) is 0.381. The summed E-state index contributed by atoms with van der Waals surface area (Å²) in [6.07, 6.45) is -2.06. The minimum absolute atomic E-state index is 0.0550. The summed E-state index contributed by atoms with van der Waals surface area (Å²) in [6.45, 7) is 1.64. The molecule has 176 valence electrons. The zero-order valence-electron chi connectivity index (χ0n) is 17.7. The summed E-state index contributed by atoms with van der Waals surface area (Å²) in [7, 11) is 1.43. The first kappa shape index (κ1) is 22.6. The monoisotopic (exact) mass is 465 g/mol. The number of carbonyl (C=O) groups excluding carboxylic acids is 2. The number of aromatic nitrogens is 1. The second-order valence-corrected chi connectivity index (χ2v) is 7.61. The summed E-state index contributed by atoms with van der Waals surface area (Å²) in [5, 5.41) is 5.50. The highest BCUT2D eigenvalue weighted by atomic mass is 19.4. The molecule has 1 atom stereocenters. The lowest BCUT2D eigenvalue weighted by molar-refractivity contribution is -0.274. The summed E-state index contributed by atoms with van der Waals surface area (Å²) >= 11 is 0. The normalized spacial score (nSPS) is 16.4. The number of hydrogen-bond donors (Lipinski definition) is 2. The van der Waals surface area contributed by atoms with E-state index in [0.29, 0.717) is 17.1 Å². The van der Waals surface area contributed by atoms with Crippen LogP contribution < -0.4 is 25.2 Å². The average molecular weight is 465 g/mol. The Morgan fingerprint density at radius 2 is 2.00 bits per heavy atom. The van der Waals surface area contributed by atoms with Crippen molar-refractivity contribution >= 4 is 29.1 Å². The second-order valence-electron chi connectivity index (χ2n) is 7.61. The summed E-state index contributed by atoms with van der Waals surface area (Å²) in [6, 6.07) is 5.62. The van der Waals surface area contributed by atoms with Crippen LogP contribution in [0.5, 0.6) is 5.75 Å². The number of methoxy groups -OCH3 is 1. The van der Waals surface area contributed by atoms with Crippen LogP contribution in [-0.4, -0.2) is 56.6 Å². The number of nitrogens with zero attached hydrogens (tertiary/aromatic N) is 3. The van der Waals surface area contributed by atoms with Crippen molar-refractivity contribution in [3.63, 3.8) is 0 Å². The van der Waals surface area contributed by atoms with Crippen molar-refractivity contribution in [2.24, 2.45) is 0 Å². The maximum absolute atomic E-state index is 13.1. The zero-order valence-corrected chi connectivity index (χ0v) is 17.7. The number of anilines is 3. The number of carbonyl (C=O) groups is 2. The van der Waals surface area contributed by atoms with Gasteiger partial charge >= 0.3 is 12.4 Å². The average Bonchev–Trinajstić information content (AvgIpc) is 2.70. The molecule has 2 aliphatic rings. The number of hydrogen-bond acceptors (Lipinski definition) is 6. The van der Waals surface area contributed by atoms with Crippen LogP contribution in [0.3, 0.4) is 0 Å². The van der Waals surface area contributed by atoms with Gasteiger partial charge in [0.15, 0.2) is 5.82 Å². The van der Waals surface area contributed by atoms with Gasteiger partial charge < -0.3 is 25.0 Å². The standard InChI is InChI=1S/C21H22F3N5O4/c1-32-12-17(13-3-5-15(6-4-13)33-21(22,23)24)27-20(31)29-11-18(30)26-16-9-14(10-25-19(16)29)28-7-2-8-28/h3-6,9-10,17H,2,7-8,11-12H2,1H3,(H,26,30)(H,27,31). The van der Waals surface area contributed by atoms with Crippen LogP contribution in [0.15, 0.2) is 36.5 Å². The Morgan fingerprint density at radius 3 is 2.61 bits per heavy atom. The number of amides is 3. The largest absolute Gasteiger partial charge is 0.573 e. The number of nitrogens with one attached hydrogen (secondary N) is 2. The molecule has 12 heteroatoms. The number of ether oxygens (including phenoxy) is 2. The van der Waals surface area contributed by atoms with Crippen LogP contribution in [-0.2, 0) is 9.53 Å². The lowest BCUT2D eigenvalue weighted by Crippen LogP contribution is -2.49. The van der Waals surface area contributed by atoms with E-state index in [1.807, 2.05) is 0 Å². The Hall–Kier alpha value is -3.54. The topological polar surface area (TPSA) is 96.0 Å². The molecule has 1 aromatic carbocycles. The van der Waals surface area contributed by atoms with E-state index >= 15 is 0 Å². The Labute approximate surface area is 187 Å².